The number of nitrogens with two attached hydrogens (primary N) is 3. The van der Waals surface area contributed by atoms with Crippen LogP contribution in [-0.2, 0) is 16.7 Å². The molecule has 1 aliphatic heterocycles. The van der Waals surface area contributed by atoms with Crippen LogP contribution in [0.4, 0.5) is 4.79 Å². The highest BCUT2D eigenvalue weighted by atomic mass is 16.5. The number of nitrogens with one attached hydrogen (secondary N) is 5. The number of urea groups is 1. The Hall–Kier alpha value is -3.56. The Bertz CT molecular complexity index is 1380. The summed E-state index contributed by atoms with van der Waals surface area (Å²) in [5.41, 5.74) is 18.4. The number of hydrogen-bond donors (Lipinski definition) is 8. The molecule has 0 bridgehead atoms. The van der Waals surface area contributed by atoms with E-state index in [1.165, 1.54) is 0 Å². The molecule has 2 heterocycles. The van der Waals surface area contributed by atoms with E-state index in [1.807, 2.05) is 65.8 Å². The third kappa shape index (κ3) is 17.5. The van der Waals surface area contributed by atoms with E-state index < -0.39 is 0 Å². The molecule has 11 N–H and O–H groups in total. The number of rotatable bonds is 17. The van der Waals surface area contributed by atoms with Gasteiger partial charge in [0.1, 0.15) is 5.82 Å². The quantitative estimate of drug-likeness (QED) is 0.0680. The fourth-order valence-corrected chi connectivity index (χ4v) is 5.60. The zero-order chi connectivity index (χ0) is 38.0. The minimum Gasteiger partial charge on any atom is -0.385 e. The van der Waals surface area contributed by atoms with Gasteiger partial charge in [-0.1, -0.05) is 52.0 Å². The second-order valence-corrected chi connectivity index (χ2v) is 15.5. The minimum absolute atomic E-state index is 0.0852. The number of benzene rings is 1. The van der Waals surface area contributed by atoms with Crippen molar-refractivity contribution in [3.63, 3.8) is 0 Å². The van der Waals surface area contributed by atoms with Crippen molar-refractivity contribution in [1.29, 1.82) is 0 Å². The first kappa shape index (κ1) is 43.6. The van der Waals surface area contributed by atoms with Crippen LogP contribution in [0, 0.1) is 5.92 Å². The normalized spacial score (nSPS) is 17.0. The van der Waals surface area contributed by atoms with E-state index >= 15 is 0 Å². The molecule has 0 unspecified atom stereocenters. The molecule has 2 amide bonds. The molecule has 1 fully saturated rings. The molecule has 0 radical (unpaired) electrons. The van der Waals surface area contributed by atoms with E-state index in [4.69, 9.17) is 21.9 Å². The fraction of sp³-hybridized carbons (Fsp3) is 0.676. The number of nitrogens with zero attached hydrogens (tertiary/aromatic N) is 3. The molecular formula is C37H67N11O3. The second kappa shape index (κ2) is 21.7. The number of carbonyl (C=O) groups is 1. The fourth-order valence-electron chi connectivity index (χ4n) is 5.60. The summed E-state index contributed by atoms with van der Waals surface area (Å²) in [6.45, 7) is 21.6. The average Bonchev–Trinajstić information content (AvgIpc) is 3.41. The second-order valence-electron chi connectivity index (χ2n) is 15.5. The van der Waals surface area contributed by atoms with Crippen molar-refractivity contribution < 1.29 is 9.53 Å². The lowest BCUT2D eigenvalue weighted by molar-refractivity contribution is 0.190. The Kier molecular flexibility index (Phi) is 18.6. The topological polar surface area (TPSA) is 214 Å². The molecular weight excluding hydrogens is 646 g/mol. The molecule has 3 rings (SSSR count). The summed E-state index contributed by atoms with van der Waals surface area (Å²) in [6.07, 6.45) is 4.50. The molecule has 0 aliphatic carbocycles. The number of aromatic nitrogens is 2. The van der Waals surface area contributed by atoms with Crippen LogP contribution in [0.2, 0.25) is 0 Å². The lowest BCUT2D eigenvalue weighted by atomic mass is 9.95. The van der Waals surface area contributed by atoms with E-state index in [1.54, 1.807) is 13.3 Å². The highest BCUT2D eigenvalue weighted by Crippen LogP contribution is 2.21. The largest absolute Gasteiger partial charge is 0.385 e. The molecule has 2 aromatic rings. The average molecular weight is 714 g/mol. The summed E-state index contributed by atoms with van der Waals surface area (Å²) < 4.78 is 5.08. The van der Waals surface area contributed by atoms with Gasteiger partial charge in [-0.25, -0.2) is 9.78 Å². The number of ether oxygens (including phenoxy) is 1. The van der Waals surface area contributed by atoms with E-state index in [2.05, 4.69) is 48.1 Å². The monoisotopic (exact) mass is 714 g/mol. The van der Waals surface area contributed by atoms with E-state index in [9.17, 15) is 9.59 Å². The molecule has 1 aliphatic rings. The van der Waals surface area contributed by atoms with Crippen LogP contribution in [0.15, 0.2) is 40.2 Å². The molecule has 1 saturated heterocycles. The number of likely N-dealkylation sites (tertiary alicyclic amines) is 1. The molecule has 3 atom stereocenters. The maximum absolute atomic E-state index is 12.4. The lowest BCUT2D eigenvalue weighted by Crippen LogP contribution is -2.50. The Morgan fingerprint density at radius 2 is 1.78 bits per heavy atom. The zero-order valence-corrected chi connectivity index (χ0v) is 32.4. The van der Waals surface area contributed by atoms with Crippen LogP contribution in [0.1, 0.15) is 79.1 Å². The summed E-state index contributed by atoms with van der Waals surface area (Å²) >= 11 is 0. The molecule has 1 aromatic heterocycles. The first-order valence-corrected chi connectivity index (χ1v) is 18.2. The standard InChI is InChI=1S/C19H28N6O.C18H39N5O2/c1-19(2,3)17-24-12-15(16(26)25-17)14-7-5-13(6-8-14)11-22-9-4-10-23-18(20)21;1-14(10-19)12-23-13-15(21-17(24)22-18(2,3)4)9-16(23)11-20-7-6-8-25-5/h5-8,12,22H,4,9-11H2,1-3H3,(H4,20,21,23)(H,24,25,26);14-16,20H,6-13,19H2,1-5H3,(H2,21,22,24)/t;14-,15+,16-/m.0/s1. The van der Waals surface area contributed by atoms with Crippen molar-refractivity contribution in [3.8, 4) is 11.1 Å². The minimum atomic E-state index is -0.223. The summed E-state index contributed by atoms with van der Waals surface area (Å²) in [5.74, 6) is 1.27. The molecule has 0 spiro atoms. The van der Waals surface area contributed by atoms with Crippen molar-refractivity contribution in [2.45, 2.75) is 97.3 Å². The van der Waals surface area contributed by atoms with Crippen molar-refractivity contribution in [2.75, 3.05) is 59.5 Å². The van der Waals surface area contributed by atoms with Crippen LogP contribution in [-0.4, -0.2) is 104 Å². The number of guanidine groups is 1. The summed E-state index contributed by atoms with van der Waals surface area (Å²) in [5, 5.41) is 13.0. The van der Waals surface area contributed by atoms with Gasteiger partial charge in [-0.15, -0.1) is 0 Å². The van der Waals surface area contributed by atoms with E-state index in [-0.39, 0.29) is 34.5 Å². The Morgan fingerprint density at radius 1 is 1.10 bits per heavy atom. The maximum Gasteiger partial charge on any atom is 0.315 e. The van der Waals surface area contributed by atoms with Crippen LogP contribution in [0.25, 0.3) is 11.1 Å². The van der Waals surface area contributed by atoms with E-state index in [0.29, 0.717) is 36.4 Å². The maximum atomic E-state index is 12.4. The predicted molar refractivity (Wildman–Crippen MR) is 209 cm³/mol. The summed E-state index contributed by atoms with van der Waals surface area (Å²) in [6, 6.07) is 8.43. The SMILES string of the molecule is CC(C)(C)c1ncc(-c2ccc(CNCCCN=C(N)N)cc2)c(=O)[nH]1.COCCCNC[C@@H]1C[C@@H](NC(=O)NC(C)(C)C)CN1C[C@@H](C)CN. The number of aliphatic imine (C=N–C) groups is 1. The van der Waals surface area contributed by atoms with Gasteiger partial charge in [0.25, 0.3) is 5.56 Å². The van der Waals surface area contributed by atoms with Gasteiger partial charge in [0.2, 0.25) is 0 Å². The number of carbonyl (C=O) groups excluding carboxylic acids is 1. The van der Waals surface area contributed by atoms with Gasteiger partial charge in [-0.05, 0) is 76.7 Å². The number of aromatic amines is 1. The first-order chi connectivity index (χ1) is 24.0. The van der Waals surface area contributed by atoms with Gasteiger partial charge in [-0.3, -0.25) is 14.7 Å². The Labute approximate surface area is 305 Å². The van der Waals surface area contributed by atoms with Crippen molar-refractivity contribution in [1.82, 2.24) is 36.1 Å². The van der Waals surface area contributed by atoms with Gasteiger partial charge in [-0.2, -0.15) is 0 Å². The molecule has 51 heavy (non-hydrogen) atoms. The van der Waals surface area contributed by atoms with Crippen LogP contribution in [0.3, 0.4) is 0 Å². The molecule has 288 valence electrons. The van der Waals surface area contributed by atoms with Crippen molar-refractivity contribution in [3.05, 3.63) is 52.2 Å². The highest BCUT2D eigenvalue weighted by Gasteiger charge is 2.33. The molecule has 14 nitrogen and oxygen atoms in total. The van der Waals surface area contributed by atoms with Gasteiger partial charge >= 0.3 is 6.03 Å². The van der Waals surface area contributed by atoms with Crippen LogP contribution in [0.5, 0.6) is 0 Å². The van der Waals surface area contributed by atoms with Crippen molar-refractivity contribution >= 4 is 12.0 Å². The summed E-state index contributed by atoms with van der Waals surface area (Å²) in [4.78, 5) is 38.2. The lowest BCUT2D eigenvalue weighted by Gasteiger charge is -2.27. The molecule has 1 aromatic carbocycles. The predicted octanol–water partition coefficient (Wildman–Crippen LogP) is 2.24. The zero-order valence-electron chi connectivity index (χ0n) is 32.4. The summed E-state index contributed by atoms with van der Waals surface area (Å²) in [7, 11) is 1.73. The molecule has 14 heteroatoms. The van der Waals surface area contributed by atoms with Gasteiger partial charge < -0.3 is 48.2 Å². The smallest absolute Gasteiger partial charge is 0.315 e. The Balaban J connectivity index is 0.000000354. The molecule has 0 saturated carbocycles. The number of hydrogen-bond acceptors (Lipinski definition) is 9. The number of methoxy groups -OCH3 is 1. The highest BCUT2D eigenvalue weighted by molar-refractivity contribution is 5.75. The third-order valence-electron chi connectivity index (χ3n) is 8.29. The Morgan fingerprint density at radius 3 is 2.37 bits per heavy atom. The van der Waals surface area contributed by atoms with Gasteiger partial charge in [0, 0.05) is 75.7 Å². The third-order valence-corrected chi connectivity index (χ3v) is 8.29. The first-order valence-electron chi connectivity index (χ1n) is 18.2. The number of H-pyrrole nitrogens is 1. The number of amides is 2. The van der Waals surface area contributed by atoms with Crippen molar-refractivity contribution in [2.24, 2.45) is 28.1 Å². The van der Waals surface area contributed by atoms with Gasteiger partial charge in [0.05, 0.1) is 5.56 Å². The van der Waals surface area contributed by atoms with Crippen LogP contribution >= 0.6 is 0 Å². The van der Waals surface area contributed by atoms with E-state index in [0.717, 1.165) is 76.3 Å². The van der Waals surface area contributed by atoms with Gasteiger partial charge in [0.15, 0.2) is 5.96 Å². The van der Waals surface area contributed by atoms with Crippen LogP contribution < -0.4 is 44.0 Å².